The molecule has 3 rings (SSSR count). The van der Waals surface area contributed by atoms with Gasteiger partial charge in [0.15, 0.2) is 5.65 Å². The number of piperidine rings is 1. The molecule has 2 atom stereocenters. The maximum Gasteiger partial charge on any atom is 0.243 e. The summed E-state index contributed by atoms with van der Waals surface area (Å²) in [6, 6.07) is 4.05. The molecule has 0 bridgehead atoms. The molecule has 0 aliphatic carbocycles. The number of aromatic nitrogens is 3. The lowest BCUT2D eigenvalue weighted by Gasteiger charge is -2.28. The van der Waals surface area contributed by atoms with E-state index in [0.717, 1.165) is 18.7 Å². The molecule has 0 amide bonds. The summed E-state index contributed by atoms with van der Waals surface area (Å²) in [6.45, 7) is 4.39. The van der Waals surface area contributed by atoms with Gasteiger partial charge in [0.1, 0.15) is 0 Å². The van der Waals surface area contributed by atoms with E-state index in [2.05, 4.69) is 27.6 Å². The molecule has 2 aromatic rings. The zero-order chi connectivity index (χ0) is 13.2. The molecule has 1 fully saturated rings. The van der Waals surface area contributed by atoms with E-state index < -0.39 is 0 Å². The summed E-state index contributed by atoms with van der Waals surface area (Å²) in [5.41, 5.74) is 0.806. The first kappa shape index (κ1) is 12.7. The number of hydrogen-bond acceptors (Lipinski definition) is 4. The number of nitrogens with one attached hydrogen (secondary N) is 2. The van der Waals surface area contributed by atoms with Crippen molar-refractivity contribution in [2.24, 2.45) is 5.92 Å². The minimum absolute atomic E-state index is 0.362. The molecule has 2 aromatic heterocycles. The van der Waals surface area contributed by atoms with Gasteiger partial charge in [-0.05, 0) is 50.9 Å². The Morgan fingerprint density at radius 2 is 2.42 bits per heavy atom. The van der Waals surface area contributed by atoms with Crippen LogP contribution >= 0.6 is 11.6 Å². The molecule has 0 radical (unpaired) electrons. The van der Waals surface area contributed by atoms with E-state index in [9.17, 15) is 0 Å². The smallest absolute Gasteiger partial charge is 0.243 e. The van der Waals surface area contributed by atoms with Gasteiger partial charge in [0.25, 0.3) is 0 Å². The van der Waals surface area contributed by atoms with Crippen molar-refractivity contribution in [2.45, 2.75) is 25.8 Å². The van der Waals surface area contributed by atoms with E-state index in [1.165, 1.54) is 12.8 Å². The number of hydrogen-bond donors (Lipinski definition) is 2. The third-order valence-corrected chi connectivity index (χ3v) is 3.92. The highest BCUT2D eigenvalue weighted by Crippen LogP contribution is 2.18. The Balaban J connectivity index is 1.73. The molecule has 0 spiro atoms. The molecule has 5 nitrogen and oxygen atoms in total. The van der Waals surface area contributed by atoms with Gasteiger partial charge in [-0.2, -0.15) is 4.98 Å². The summed E-state index contributed by atoms with van der Waals surface area (Å²) < 4.78 is 1.70. The quantitative estimate of drug-likeness (QED) is 0.904. The van der Waals surface area contributed by atoms with E-state index >= 15 is 0 Å². The predicted molar refractivity (Wildman–Crippen MR) is 76.7 cm³/mol. The van der Waals surface area contributed by atoms with E-state index in [4.69, 9.17) is 11.6 Å². The summed E-state index contributed by atoms with van der Waals surface area (Å²) in [4.78, 5) is 4.45. The van der Waals surface area contributed by atoms with Crippen LogP contribution in [0.25, 0.3) is 5.65 Å². The van der Waals surface area contributed by atoms with Gasteiger partial charge in [-0.25, -0.2) is 4.52 Å². The van der Waals surface area contributed by atoms with Crippen LogP contribution < -0.4 is 10.6 Å². The van der Waals surface area contributed by atoms with Crippen LogP contribution in [-0.4, -0.2) is 33.7 Å². The fourth-order valence-corrected chi connectivity index (χ4v) is 2.70. The fourth-order valence-electron chi connectivity index (χ4n) is 2.55. The summed E-state index contributed by atoms with van der Waals surface area (Å²) in [6.07, 6.45) is 4.26. The van der Waals surface area contributed by atoms with Crippen molar-refractivity contribution < 1.29 is 0 Å². The van der Waals surface area contributed by atoms with Crippen molar-refractivity contribution in [1.82, 2.24) is 19.9 Å². The highest BCUT2D eigenvalue weighted by Gasteiger charge is 2.20. The van der Waals surface area contributed by atoms with Crippen LogP contribution in [0.4, 0.5) is 5.95 Å². The molecule has 2 N–H and O–H groups in total. The molecule has 2 unspecified atom stereocenters. The number of nitrogens with zero attached hydrogens (tertiary/aromatic N) is 3. The molecule has 0 aromatic carbocycles. The Kier molecular flexibility index (Phi) is 3.57. The van der Waals surface area contributed by atoms with Crippen molar-refractivity contribution in [2.75, 3.05) is 18.4 Å². The van der Waals surface area contributed by atoms with Crippen molar-refractivity contribution in [3.8, 4) is 0 Å². The van der Waals surface area contributed by atoms with E-state index in [1.807, 2.05) is 12.1 Å². The number of rotatable bonds is 3. The lowest BCUT2D eigenvalue weighted by molar-refractivity contribution is 0.346. The Bertz CT molecular complexity index is 561. The SMILES string of the molecule is CC(Nc1nc2ccc(Cl)cn2n1)C1CCCNC1. The van der Waals surface area contributed by atoms with Gasteiger partial charge >= 0.3 is 0 Å². The highest BCUT2D eigenvalue weighted by atomic mass is 35.5. The van der Waals surface area contributed by atoms with Gasteiger partial charge in [0.05, 0.1) is 5.02 Å². The van der Waals surface area contributed by atoms with Crippen LogP contribution in [0.2, 0.25) is 5.02 Å². The monoisotopic (exact) mass is 279 g/mol. The van der Waals surface area contributed by atoms with Crippen LogP contribution in [0.15, 0.2) is 18.3 Å². The second kappa shape index (κ2) is 5.35. The van der Waals surface area contributed by atoms with Gasteiger partial charge in [-0.15, -0.1) is 5.10 Å². The van der Waals surface area contributed by atoms with E-state index in [0.29, 0.717) is 22.9 Å². The molecule has 6 heteroatoms. The molecule has 3 heterocycles. The largest absolute Gasteiger partial charge is 0.350 e. The average molecular weight is 280 g/mol. The zero-order valence-corrected chi connectivity index (χ0v) is 11.7. The summed E-state index contributed by atoms with van der Waals surface area (Å²) >= 11 is 5.94. The van der Waals surface area contributed by atoms with E-state index in [1.54, 1.807) is 10.7 Å². The summed E-state index contributed by atoms with van der Waals surface area (Å²) in [5.74, 6) is 1.30. The molecule has 1 aliphatic heterocycles. The van der Waals surface area contributed by atoms with Crippen LogP contribution in [0, 0.1) is 5.92 Å². The van der Waals surface area contributed by atoms with Crippen LogP contribution in [0.1, 0.15) is 19.8 Å². The molecule has 0 saturated carbocycles. The summed E-state index contributed by atoms with van der Waals surface area (Å²) in [5, 5.41) is 11.9. The Labute approximate surface area is 117 Å². The summed E-state index contributed by atoms with van der Waals surface area (Å²) in [7, 11) is 0. The first-order chi connectivity index (χ1) is 9.22. The van der Waals surface area contributed by atoms with Crippen molar-refractivity contribution in [1.29, 1.82) is 0 Å². The molecular weight excluding hydrogens is 262 g/mol. The third-order valence-electron chi connectivity index (χ3n) is 3.69. The normalized spacial score (nSPS) is 21.5. The molecule has 102 valence electrons. The van der Waals surface area contributed by atoms with Crippen LogP contribution in [0.5, 0.6) is 0 Å². The second-order valence-electron chi connectivity index (χ2n) is 5.12. The Morgan fingerprint density at radius 3 is 3.21 bits per heavy atom. The number of halogens is 1. The topological polar surface area (TPSA) is 54.2 Å². The fraction of sp³-hybridized carbons (Fsp3) is 0.538. The van der Waals surface area contributed by atoms with E-state index in [-0.39, 0.29) is 0 Å². The number of anilines is 1. The maximum atomic E-state index is 5.94. The Morgan fingerprint density at radius 1 is 1.53 bits per heavy atom. The van der Waals surface area contributed by atoms with Crippen LogP contribution in [0.3, 0.4) is 0 Å². The average Bonchev–Trinajstić information content (AvgIpc) is 2.81. The minimum Gasteiger partial charge on any atom is -0.350 e. The molecule has 1 saturated heterocycles. The van der Waals surface area contributed by atoms with Crippen molar-refractivity contribution >= 4 is 23.2 Å². The minimum atomic E-state index is 0.362. The molecule has 19 heavy (non-hydrogen) atoms. The molecule has 1 aliphatic rings. The first-order valence-corrected chi connectivity index (χ1v) is 7.09. The van der Waals surface area contributed by atoms with Gasteiger partial charge in [-0.3, -0.25) is 0 Å². The third kappa shape index (κ3) is 2.82. The Hall–Kier alpha value is -1.33. The van der Waals surface area contributed by atoms with Crippen molar-refractivity contribution in [3.63, 3.8) is 0 Å². The van der Waals surface area contributed by atoms with Gasteiger partial charge in [-0.1, -0.05) is 11.6 Å². The highest BCUT2D eigenvalue weighted by molar-refractivity contribution is 6.30. The lowest BCUT2D eigenvalue weighted by Crippen LogP contribution is -2.39. The molecular formula is C13H18ClN5. The van der Waals surface area contributed by atoms with Gasteiger partial charge in [0, 0.05) is 12.2 Å². The standard InChI is InChI=1S/C13H18ClN5/c1-9(10-3-2-6-15-7-10)16-13-17-12-5-4-11(14)8-19(12)18-13/h4-5,8-10,15H,2-3,6-7H2,1H3,(H,16,18). The lowest BCUT2D eigenvalue weighted by atomic mass is 9.93. The number of pyridine rings is 1. The zero-order valence-electron chi connectivity index (χ0n) is 10.9. The predicted octanol–water partition coefficient (Wildman–Crippen LogP) is 2.18. The second-order valence-corrected chi connectivity index (χ2v) is 5.56. The van der Waals surface area contributed by atoms with Crippen molar-refractivity contribution in [3.05, 3.63) is 23.4 Å². The maximum absolute atomic E-state index is 5.94. The van der Waals surface area contributed by atoms with Gasteiger partial charge < -0.3 is 10.6 Å². The van der Waals surface area contributed by atoms with Crippen LogP contribution in [-0.2, 0) is 0 Å². The van der Waals surface area contributed by atoms with Gasteiger partial charge in [0.2, 0.25) is 5.95 Å². The first-order valence-electron chi connectivity index (χ1n) is 6.71. The number of fused-ring (bicyclic) bond motifs is 1.